The summed E-state index contributed by atoms with van der Waals surface area (Å²) in [6, 6.07) is 45.1. The molecule has 4 heteroatoms. The average molecular weight is 525 g/mol. The summed E-state index contributed by atoms with van der Waals surface area (Å²) in [7, 11) is 0. The number of pyridine rings is 1. The second-order valence-electron chi connectivity index (χ2n) is 10.1. The number of benzene rings is 5. The van der Waals surface area contributed by atoms with E-state index in [1.54, 1.807) is 6.33 Å². The Kier molecular flexibility index (Phi) is 5.42. The maximum Gasteiger partial charge on any atom is 0.181 e. The molecule has 41 heavy (non-hydrogen) atoms. The topological polar surface area (TPSA) is 43.1 Å². The number of hydrogen-bond acceptors (Lipinski definition) is 3. The zero-order valence-corrected chi connectivity index (χ0v) is 22.1. The first-order valence-electron chi connectivity index (χ1n) is 13.7. The van der Waals surface area contributed by atoms with Gasteiger partial charge >= 0.3 is 0 Å². The minimum atomic E-state index is 0.682. The van der Waals surface area contributed by atoms with Crippen LogP contribution in [0.25, 0.3) is 72.1 Å². The fourth-order valence-corrected chi connectivity index (χ4v) is 6.07. The zero-order valence-electron chi connectivity index (χ0n) is 22.1. The largest absolute Gasteiger partial charge is 0.296 e. The van der Waals surface area contributed by atoms with Gasteiger partial charge in [-0.1, -0.05) is 121 Å². The molecule has 192 valence electrons. The Balaban J connectivity index is 1.70. The molecule has 0 aliphatic heterocycles. The standard InChI is InChI=1S/C37H24N4/c1-5-13-25(14-6-1)31-29-21-22-41-30-23-38-24-39-36(30)40-37(41)35(29)34(28-19-11-4-12-20-28)33(27-17-9-3-10-18-27)32(31)26-15-7-2-8-16-26/h1-24H. The Morgan fingerprint density at radius 2 is 0.976 bits per heavy atom. The van der Waals surface area contributed by atoms with Gasteiger partial charge in [0.05, 0.1) is 6.20 Å². The van der Waals surface area contributed by atoms with Crippen LogP contribution < -0.4 is 0 Å². The van der Waals surface area contributed by atoms with Gasteiger partial charge in [-0.2, -0.15) is 0 Å². The van der Waals surface area contributed by atoms with Crippen LogP contribution in [0.1, 0.15) is 0 Å². The van der Waals surface area contributed by atoms with Crippen molar-refractivity contribution in [2.75, 3.05) is 0 Å². The quantitative estimate of drug-likeness (QED) is 0.231. The van der Waals surface area contributed by atoms with Crippen LogP contribution in [-0.2, 0) is 0 Å². The van der Waals surface area contributed by atoms with Gasteiger partial charge in [-0.3, -0.25) is 4.40 Å². The van der Waals surface area contributed by atoms with Crippen LogP contribution in [0.4, 0.5) is 0 Å². The highest BCUT2D eigenvalue weighted by Crippen LogP contribution is 2.51. The summed E-state index contributed by atoms with van der Waals surface area (Å²) in [6.07, 6.45) is 5.51. The first-order chi connectivity index (χ1) is 20.4. The predicted octanol–water partition coefficient (Wildman–Crippen LogP) is 9.10. The summed E-state index contributed by atoms with van der Waals surface area (Å²) >= 11 is 0. The van der Waals surface area contributed by atoms with Gasteiger partial charge in [-0.15, -0.1) is 0 Å². The third-order valence-corrected chi connectivity index (χ3v) is 7.77. The Morgan fingerprint density at radius 3 is 1.54 bits per heavy atom. The van der Waals surface area contributed by atoms with Gasteiger partial charge < -0.3 is 0 Å². The number of imidazole rings is 1. The second-order valence-corrected chi connectivity index (χ2v) is 10.1. The summed E-state index contributed by atoms with van der Waals surface area (Å²) in [5.41, 5.74) is 11.8. The summed E-state index contributed by atoms with van der Waals surface area (Å²) in [5, 5.41) is 2.23. The molecule has 0 aliphatic carbocycles. The van der Waals surface area contributed by atoms with Crippen molar-refractivity contribution < 1.29 is 0 Å². The van der Waals surface area contributed by atoms with Gasteiger partial charge in [0.15, 0.2) is 5.65 Å². The van der Waals surface area contributed by atoms with E-state index in [2.05, 4.69) is 148 Å². The van der Waals surface area contributed by atoms with Crippen molar-refractivity contribution in [2.24, 2.45) is 0 Å². The molecule has 4 nitrogen and oxygen atoms in total. The van der Waals surface area contributed by atoms with Crippen LogP contribution in [0.3, 0.4) is 0 Å². The number of aromatic nitrogens is 4. The molecule has 0 unspecified atom stereocenters. The molecule has 0 saturated heterocycles. The third kappa shape index (κ3) is 3.73. The van der Waals surface area contributed by atoms with Crippen molar-refractivity contribution in [3.8, 4) is 44.5 Å². The number of fused-ring (bicyclic) bond motifs is 5. The van der Waals surface area contributed by atoms with E-state index in [4.69, 9.17) is 4.98 Å². The van der Waals surface area contributed by atoms with E-state index in [9.17, 15) is 0 Å². The van der Waals surface area contributed by atoms with E-state index in [0.717, 1.165) is 44.2 Å². The van der Waals surface area contributed by atoms with E-state index in [1.807, 2.05) is 6.20 Å². The highest BCUT2D eigenvalue weighted by molar-refractivity contribution is 6.22. The number of rotatable bonds is 4. The van der Waals surface area contributed by atoms with Crippen LogP contribution in [0.5, 0.6) is 0 Å². The van der Waals surface area contributed by atoms with E-state index in [-0.39, 0.29) is 0 Å². The molecule has 0 amide bonds. The Hall–Kier alpha value is -5.61. The van der Waals surface area contributed by atoms with Crippen molar-refractivity contribution in [1.29, 1.82) is 0 Å². The number of nitrogens with zero attached hydrogens (tertiary/aromatic N) is 4. The molecule has 8 aromatic rings. The molecular weight excluding hydrogens is 500 g/mol. The second kappa shape index (κ2) is 9.54. The molecule has 0 radical (unpaired) electrons. The maximum absolute atomic E-state index is 5.11. The van der Waals surface area contributed by atoms with Crippen LogP contribution >= 0.6 is 0 Å². The van der Waals surface area contributed by atoms with Crippen LogP contribution in [0.2, 0.25) is 0 Å². The van der Waals surface area contributed by atoms with Crippen molar-refractivity contribution in [2.45, 2.75) is 0 Å². The Labute approximate surface area is 237 Å². The van der Waals surface area contributed by atoms with Gasteiger partial charge in [-0.25, -0.2) is 15.0 Å². The average Bonchev–Trinajstić information content (AvgIpc) is 3.44. The lowest BCUT2D eigenvalue weighted by Gasteiger charge is -2.24. The summed E-state index contributed by atoms with van der Waals surface area (Å²) in [6.45, 7) is 0. The molecule has 0 saturated carbocycles. The summed E-state index contributed by atoms with van der Waals surface area (Å²) in [5.74, 6) is 0. The number of hydrogen-bond donors (Lipinski definition) is 0. The monoisotopic (exact) mass is 524 g/mol. The fourth-order valence-electron chi connectivity index (χ4n) is 6.07. The minimum Gasteiger partial charge on any atom is -0.296 e. The van der Waals surface area contributed by atoms with Gasteiger partial charge in [0, 0.05) is 17.1 Å². The highest BCUT2D eigenvalue weighted by Gasteiger charge is 2.26. The van der Waals surface area contributed by atoms with E-state index >= 15 is 0 Å². The first kappa shape index (κ1) is 23.3. The van der Waals surface area contributed by atoms with Gasteiger partial charge in [0.2, 0.25) is 0 Å². The summed E-state index contributed by atoms with van der Waals surface area (Å²) in [4.78, 5) is 13.9. The van der Waals surface area contributed by atoms with Crippen LogP contribution in [-0.4, -0.2) is 19.4 Å². The van der Waals surface area contributed by atoms with Gasteiger partial charge in [0.25, 0.3) is 0 Å². The van der Waals surface area contributed by atoms with Crippen molar-refractivity contribution in [1.82, 2.24) is 19.4 Å². The Bertz CT molecular complexity index is 2170. The lowest BCUT2D eigenvalue weighted by molar-refractivity contribution is 1.18. The fraction of sp³-hybridized carbons (Fsp3) is 0. The molecule has 0 spiro atoms. The lowest BCUT2D eigenvalue weighted by Crippen LogP contribution is -1.99. The smallest absolute Gasteiger partial charge is 0.181 e. The third-order valence-electron chi connectivity index (χ3n) is 7.77. The predicted molar refractivity (Wildman–Crippen MR) is 168 cm³/mol. The lowest BCUT2D eigenvalue weighted by atomic mass is 9.79. The van der Waals surface area contributed by atoms with Crippen molar-refractivity contribution in [3.63, 3.8) is 0 Å². The normalized spacial score (nSPS) is 11.4. The summed E-state index contributed by atoms with van der Waals surface area (Å²) < 4.78 is 2.12. The molecule has 5 aromatic carbocycles. The van der Waals surface area contributed by atoms with Crippen LogP contribution in [0, 0.1) is 0 Å². The molecule has 3 aromatic heterocycles. The van der Waals surface area contributed by atoms with E-state index in [0.29, 0.717) is 5.65 Å². The molecule has 0 fully saturated rings. The first-order valence-corrected chi connectivity index (χ1v) is 13.7. The maximum atomic E-state index is 5.11. The van der Waals surface area contributed by atoms with E-state index in [1.165, 1.54) is 22.3 Å². The molecular formula is C37H24N4. The highest BCUT2D eigenvalue weighted by atomic mass is 15.1. The molecule has 0 aliphatic rings. The zero-order chi connectivity index (χ0) is 27.2. The Morgan fingerprint density at radius 1 is 0.488 bits per heavy atom. The molecule has 0 bridgehead atoms. The van der Waals surface area contributed by atoms with Crippen LogP contribution in [0.15, 0.2) is 146 Å². The SMILES string of the molecule is c1ccc(-c2c(-c3ccccc3)c(-c3ccccc3)c3c(ccn4c5cncnc5nc34)c2-c2ccccc2)cc1. The van der Waals surface area contributed by atoms with Gasteiger partial charge in [0.1, 0.15) is 17.5 Å². The molecule has 8 rings (SSSR count). The minimum absolute atomic E-state index is 0.682. The van der Waals surface area contributed by atoms with Crippen molar-refractivity contribution >= 4 is 27.6 Å². The van der Waals surface area contributed by atoms with Crippen molar-refractivity contribution in [3.05, 3.63) is 146 Å². The molecule has 0 N–H and O–H groups in total. The molecule has 3 heterocycles. The molecule has 0 atom stereocenters. The van der Waals surface area contributed by atoms with Gasteiger partial charge in [-0.05, 0) is 50.4 Å². The van der Waals surface area contributed by atoms with E-state index < -0.39 is 0 Å².